The SMILES string of the molecule is Cc1nccnc1-c1ccc(C2=NOC(O)(C(F)(F)F)C2)cc1. The molecule has 1 unspecified atom stereocenters. The van der Waals surface area contributed by atoms with Crippen LogP contribution in [0.4, 0.5) is 13.2 Å². The lowest BCUT2D eigenvalue weighted by molar-refractivity contribution is -0.355. The van der Waals surface area contributed by atoms with Crippen molar-refractivity contribution in [2.75, 3.05) is 0 Å². The predicted molar refractivity (Wildman–Crippen MR) is 75.4 cm³/mol. The highest BCUT2D eigenvalue weighted by atomic mass is 19.4. The van der Waals surface area contributed by atoms with Crippen LogP contribution in [0.2, 0.25) is 0 Å². The molecule has 2 heterocycles. The third-order valence-corrected chi connectivity index (χ3v) is 3.53. The molecule has 0 fully saturated rings. The summed E-state index contributed by atoms with van der Waals surface area (Å²) in [5.74, 6) is -3.26. The molecule has 1 N–H and O–H groups in total. The molecule has 120 valence electrons. The number of halogens is 3. The fraction of sp³-hybridized carbons (Fsp3) is 0.267. The quantitative estimate of drug-likeness (QED) is 0.923. The van der Waals surface area contributed by atoms with Gasteiger partial charge in [-0.2, -0.15) is 13.2 Å². The smallest absolute Gasteiger partial charge is 0.350 e. The molecule has 0 radical (unpaired) electrons. The van der Waals surface area contributed by atoms with E-state index in [1.807, 2.05) is 6.92 Å². The first-order valence-corrected chi connectivity index (χ1v) is 6.73. The first-order valence-electron chi connectivity index (χ1n) is 6.73. The Morgan fingerprint density at radius 2 is 1.70 bits per heavy atom. The van der Waals surface area contributed by atoms with Crippen molar-refractivity contribution in [2.24, 2.45) is 5.16 Å². The van der Waals surface area contributed by atoms with Gasteiger partial charge in [-0.25, -0.2) is 0 Å². The first kappa shape index (κ1) is 15.4. The summed E-state index contributed by atoms with van der Waals surface area (Å²) in [6, 6.07) is 6.63. The van der Waals surface area contributed by atoms with Crippen LogP contribution in [0.1, 0.15) is 17.7 Å². The molecular weight excluding hydrogens is 311 g/mol. The monoisotopic (exact) mass is 323 g/mol. The van der Waals surface area contributed by atoms with Gasteiger partial charge in [-0.1, -0.05) is 29.4 Å². The van der Waals surface area contributed by atoms with Crippen molar-refractivity contribution in [1.82, 2.24) is 9.97 Å². The second kappa shape index (κ2) is 5.31. The molecule has 1 aliphatic heterocycles. The molecule has 2 aromatic rings. The van der Waals surface area contributed by atoms with Crippen LogP contribution in [0.3, 0.4) is 0 Å². The number of aliphatic hydroxyl groups is 1. The Morgan fingerprint density at radius 3 is 2.26 bits per heavy atom. The molecule has 0 amide bonds. The maximum absolute atomic E-state index is 12.7. The van der Waals surface area contributed by atoms with E-state index in [1.165, 1.54) is 0 Å². The average molecular weight is 323 g/mol. The van der Waals surface area contributed by atoms with Gasteiger partial charge in [0.2, 0.25) is 0 Å². The van der Waals surface area contributed by atoms with Crippen LogP contribution in [0, 0.1) is 6.92 Å². The summed E-state index contributed by atoms with van der Waals surface area (Å²) in [6.45, 7) is 1.81. The second-order valence-electron chi connectivity index (χ2n) is 5.16. The molecule has 1 aromatic heterocycles. The molecule has 1 atom stereocenters. The Labute approximate surface area is 129 Å². The van der Waals surface area contributed by atoms with Gasteiger partial charge in [0, 0.05) is 18.0 Å². The Kier molecular flexibility index (Phi) is 3.56. The maximum Gasteiger partial charge on any atom is 0.458 e. The topological polar surface area (TPSA) is 67.6 Å². The second-order valence-corrected chi connectivity index (χ2v) is 5.16. The lowest BCUT2D eigenvalue weighted by Crippen LogP contribution is -2.45. The molecule has 0 saturated carbocycles. The van der Waals surface area contributed by atoms with Gasteiger partial charge < -0.3 is 9.94 Å². The highest BCUT2D eigenvalue weighted by molar-refractivity contribution is 6.01. The van der Waals surface area contributed by atoms with Crippen molar-refractivity contribution in [3.8, 4) is 11.3 Å². The van der Waals surface area contributed by atoms with E-state index < -0.39 is 18.4 Å². The maximum atomic E-state index is 12.7. The van der Waals surface area contributed by atoms with E-state index in [-0.39, 0.29) is 5.71 Å². The molecule has 23 heavy (non-hydrogen) atoms. The average Bonchev–Trinajstić information content (AvgIpc) is 2.92. The van der Waals surface area contributed by atoms with E-state index in [9.17, 15) is 18.3 Å². The summed E-state index contributed by atoms with van der Waals surface area (Å²) in [6.07, 6.45) is -2.51. The molecule has 0 spiro atoms. The highest BCUT2D eigenvalue weighted by Gasteiger charge is 2.60. The van der Waals surface area contributed by atoms with Gasteiger partial charge >= 0.3 is 12.0 Å². The van der Waals surface area contributed by atoms with Gasteiger partial charge in [-0.15, -0.1) is 0 Å². The zero-order valence-electron chi connectivity index (χ0n) is 12.0. The number of oxime groups is 1. The van der Waals surface area contributed by atoms with Gasteiger partial charge in [0.1, 0.15) is 0 Å². The zero-order valence-corrected chi connectivity index (χ0v) is 12.0. The molecule has 1 aliphatic rings. The number of hydrogen-bond donors (Lipinski definition) is 1. The standard InChI is InChI=1S/C15H12F3N3O2/c1-9-13(20-7-6-19-9)11-4-2-10(3-5-11)12-8-14(22,23-21-12)15(16,17)18/h2-7,22H,8H2,1H3. The van der Waals surface area contributed by atoms with Crippen molar-refractivity contribution >= 4 is 5.71 Å². The third-order valence-electron chi connectivity index (χ3n) is 3.53. The van der Waals surface area contributed by atoms with Crippen LogP contribution in [0.25, 0.3) is 11.3 Å². The first-order chi connectivity index (χ1) is 10.8. The van der Waals surface area contributed by atoms with Gasteiger partial charge in [-0.05, 0) is 12.5 Å². The Balaban J connectivity index is 1.83. The molecule has 0 aliphatic carbocycles. The van der Waals surface area contributed by atoms with Crippen molar-refractivity contribution < 1.29 is 23.1 Å². The molecular formula is C15H12F3N3O2. The van der Waals surface area contributed by atoms with E-state index in [1.54, 1.807) is 36.7 Å². The van der Waals surface area contributed by atoms with Crippen molar-refractivity contribution in [3.05, 3.63) is 47.9 Å². The minimum Gasteiger partial charge on any atom is -0.350 e. The number of aryl methyl sites for hydroxylation is 1. The van der Waals surface area contributed by atoms with E-state index in [4.69, 9.17) is 0 Å². The van der Waals surface area contributed by atoms with Crippen LogP contribution < -0.4 is 0 Å². The molecule has 3 rings (SSSR count). The molecule has 0 saturated heterocycles. The van der Waals surface area contributed by atoms with Crippen LogP contribution in [-0.2, 0) is 4.84 Å². The molecule has 1 aromatic carbocycles. The van der Waals surface area contributed by atoms with E-state index in [0.29, 0.717) is 11.3 Å². The number of alkyl halides is 3. The number of nitrogens with zero attached hydrogens (tertiary/aromatic N) is 3. The van der Waals surface area contributed by atoms with E-state index in [0.717, 1.165) is 11.3 Å². The van der Waals surface area contributed by atoms with Crippen LogP contribution in [0.15, 0.2) is 41.8 Å². The zero-order chi connectivity index (χ0) is 16.7. The van der Waals surface area contributed by atoms with Gasteiger partial charge in [0.05, 0.1) is 23.5 Å². The van der Waals surface area contributed by atoms with E-state index in [2.05, 4.69) is 20.0 Å². The third kappa shape index (κ3) is 2.77. The van der Waals surface area contributed by atoms with Crippen molar-refractivity contribution in [2.45, 2.75) is 25.3 Å². The fourth-order valence-electron chi connectivity index (χ4n) is 2.24. The lowest BCUT2D eigenvalue weighted by Gasteiger charge is -2.22. The molecule has 5 nitrogen and oxygen atoms in total. The highest BCUT2D eigenvalue weighted by Crippen LogP contribution is 2.39. The summed E-state index contributed by atoms with van der Waals surface area (Å²) in [7, 11) is 0. The van der Waals surface area contributed by atoms with Gasteiger partial charge in [0.25, 0.3) is 0 Å². The van der Waals surface area contributed by atoms with E-state index >= 15 is 0 Å². The summed E-state index contributed by atoms with van der Waals surface area (Å²) in [4.78, 5) is 12.6. The van der Waals surface area contributed by atoms with Crippen LogP contribution in [-0.4, -0.2) is 32.7 Å². The number of hydrogen-bond acceptors (Lipinski definition) is 5. The normalized spacial score (nSPS) is 21.0. The Hall–Kier alpha value is -2.48. The van der Waals surface area contributed by atoms with Crippen molar-refractivity contribution in [1.29, 1.82) is 0 Å². The Morgan fingerprint density at radius 1 is 1.09 bits per heavy atom. The van der Waals surface area contributed by atoms with Gasteiger partial charge in [-0.3, -0.25) is 9.97 Å². The minimum absolute atomic E-state index is 0.0345. The number of benzene rings is 1. The number of rotatable bonds is 2. The summed E-state index contributed by atoms with van der Waals surface area (Å²) in [5, 5.41) is 12.8. The Bertz CT molecular complexity index is 759. The minimum atomic E-state index is -4.91. The summed E-state index contributed by atoms with van der Waals surface area (Å²) < 4.78 is 38.1. The summed E-state index contributed by atoms with van der Waals surface area (Å²) >= 11 is 0. The fourth-order valence-corrected chi connectivity index (χ4v) is 2.24. The van der Waals surface area contributed by atoms with Crippen LogP contribution >= 0.6 is 0 Å². The summed E-state index contributed by atoms with van der Waals surface area (Å²) in [5.41, 5.74) is 2.69. The van der Waals surface area contributed by atoms with Gasteiger partial charge in [0.15, 0.2) is 0 Å². The number of aromatic nitrogens is 2. The van der Waals surface area contributed by atoms with Crippen LogP contribution in [0.5, 0.6) is 0 Å². The molecule has 0 bridgehead atoms. The predicted octanol–water partition coefficient (Wildman–Crippen LogP) is 2.83. The van der Waals surface area contributed by atoms with Crippen molar-refractivity contribution in [3.63, 3.8) is 0 Å². The molecule has 8 heteroatoms. The largest absolute Gasteiger partial charge is 0.458 e. The lowest BCUT2D eigenvalue weighted by atomic mass is 10.0.